The molecule has 1 aromatic rings. The number of nitrogens with two attached hydrogens (primary N) is 1. The van der Waals surface area contributed by atoms with Gasteiger partial charge in [0.05, 0.1) is 6.04 Å². The quantitative estimate of drug-likeness (QED) is 0.770. The normalized spacial score (nSPS) is 14.1. The number of anilines is 1. The summed E-state index contributed by atoms with van der Waals surface area (Å²) >= 11 is 0. The van der Waals surface area contributed by atoms with Crippen LogP contribution in [-0.2, 0) is 4.79 Å². The summed E-state index contributed by atoms with van der Waals surface area (Å²) in [5.74, 6) is 0.162. The molecule has 2 atom stereocenters. The summed E-state index contributed by atoms with van der Waals surface area (Å²) in [5.41, 5.74) is 7.58. The van der Waals surface area contributed by atoms with Crippen LogP contribution in [0.25, 0.3) is 0 Å². The molecular formula is C14H22N2O. The van der Waals surface area contributed by atoms with Crippen molar-refractivity contribution < 1.29 is 4.79 Å². The molecule has 0 spiro atoms. The Bertz CT molecular complexity index is 376. The summed E-state index contributed by atoms with van der Waals surface area (Å²) in [5, 5.41) is 3.00. The predicted octanol–water partition coefficient (Wildman–Crippen LogP) is 2.88. The average molecular weight is 234 g/mol. The SMILES string of the molecule is CCCC(C)C(=O)NC(C)c1ccccc1N. The van der Waals surface area contributed by atoms with Crippen LogP contribution in [-0.4, -0.2) is 5.91 Å². The van der Waals surface area contributed by atoms with Crippen LogP contribution in [0.5, 0.6) is 0 Å². The standard InChI is InChI=1S/C14H22N2O/c1-4-7-10(2)14(17)16-11(3)12-8-5-6-9-13(12)15/h5-6,8-11H,4,7,15H2,1-3H3,(H,16,17). The second-order valence-electron chi connectivity index (χ2n) is 4.55. The smallest absolute Gasteiger partial charge is 0.223 e. The highest BCUT2D eigenvalue weighted by atomic mass is 16.1. The fraction of sp³-hybridized carbons (Fsp3) is 0.500. The lowest BCUT2D eigenvalue weighted by Crippen LogP contribution is -2.31. The van der Waals surface area contributed by atoms with Crippen molar-refractivity contribution in [3.05, 3.63) is 29.8 Å². The first-order chi connectivity index (χ1) is 8.06. The van der Waals surface area contributed by atoms with Crippen molar-refractivity contribution in [3.8, 4) is 0 Å². The van der Waals surface area contributed by atoms with Crippen molar-refractivity contribution >= 4 is 11.6 Å². The fourth-order valence-corrected chi connectivity index (χ4v) is 1.90. The van der Waals surface area contributed by atoms with Gasteiger partial charge in [-0.3, -0.25) is 4.79 Å². The third-order valence-electron chi connectivity index (χ3n) is 2.99. The predicted molar refractivity (Wildman–Crippen MR) is 71.5 cm³/mol. The Hall–Kier alpha value is -1.51. The number of carbonyl (C=O) groups excluding carboxylic acids is 1. The van der Waals surface area contributed by atoms with Gasteiger partial charge in [-0.05, 0) is 25.0 Å². The second-order valence-corrected chi connectivity index (χ2v) is 4.55. The Balaban J connectivity index is 2.63. The fourth-order valence-electron chi connectivity index (χ4n) is 1.90. The molecule has 94 valence electrons. The van der Waals surface area contributed by atoms with Crippen molar-refractivity contribution in [2.75, 3.05) is 5.73 Å². The van der Waals surface area contributed by atoms with Gasteiger partial charge >= 0.3 is 0 Å². The van der Waals surface area contributed by atoms with Crippen LogP contribution < -0.4 is 11.1 Å². The molecule has 0 radical (unpaired) electrons. The lowest BCUT2D eigenvalue weighted by atomic mass is 10.0. The van der Waals surface area contributed by atoms with E-state index in [4.69, 9.17) is 5.73 Å². The van der Waals surface area contributed by atoms with Crippen LogP contribution in [0.3, 0.4) is 0 Å². The Morgan fingerprint density at radius 2 is 2.00 bits per heavy atom. The largest absolute Gasteiger partial charge is 0.398 e. The van der Waals surface area contributed by atoms with E-state index in [-0.39, 0.29) is 17.9 Å². The maximum atomic E-state index is 11.9. The summed E-state index contributed by atoms with van der Waals surface area (Å²) in [4.78, 5) is 11.9. The zero-order valence-corrected chi connectivity index (χ0v) is 10.9. The summed E-state index contributed by atoms with van der Waals surface area (Å²) < 4.78 is 0. The molecule has 3 nitrogen and oxygen atoms in total. The highest BCUT2D eigenvalue weighted by Crippen LogP contribution is 2.20. The number of hydrogen-bond acceptors (Lipinski definition) is 2. The van der Waals surface area contributed by atoms with E-state index in [1.54, 1.807) is 0 Å². The second kappa shape index (κ2) is 6.28. The van der Waals surface area contributed by atoms with Gasteiger partial charge in [0.15, 0.2) is 0 Å². The van der Waals surface area contributed by atoms with E-state index in [2.05, 4.69) is 12.2 Å². The van der Waals surface area contributed by atoms with E-state index in [1.807, 2.05) is 38.1 Å². The van der Waals surface area contributed by atoms with Crippen molar-refractivity contribution in [1.29, 1.82) is 0 Å². The van der Waals surface area contributed by atoms with Gasteiger partial charge in [-0.1, -0.05) is 38.5 Å². The first-order valence-corrected chi connectivity index (χ1v) is 6.21. The molecule has 0 aliphatic rings. The molecule has 2 unspecified atom stereocenters. The van der Waals surface area contributed by atoms with Crippen LogP contribution in [0.15, 0.2) is 24.3 Å². The monoisotopic (exact) mass is 234 g/mol. The first kappa shape index (κ1) is 13.6. The van der Waals surface area contributed by atoms with Crippen LogP contribution in [0.4, 0.5) is 5.69 Å². The van der Waals surface area contributed by atoms with Gasteiger partial charge in [0.1, 0.15) is 0 Å². The van der Waals surface area contributed by atoms with Crippen molar-refractivity contribution in [2.24, 2.45) is 5.92 Å². The van der Waals surface area contributed by atoms with Gasteiger partial charge in [-0.15, -0.1) is 0 Å². The number of carbonyl (C=O) groups is 1. The summed E-state index contributed by atoms with van der Waals surface area (Å²) in [6.07, 6.45) is 1.94. The molecular weight excluding hydrogens is 212 g/mol. The highest BCUT2D eigenvalue weighted by Gasteiger charge is 2.16. The zero-order chi connectivity index (χ0) is 12.8. The van der Waals surface area contributed by atoms with Crippen molar-refractivity contribution in [3.63, 3.8) is 0 Å². The van der Waals surface area contributed by atoms with Crippen molar-refractivity contribution in [2.45, 2.75) is 39.7 Å². The van der Waals surface area contributed by atoms with E-state index >= 15 is 0 Å². The molecule has 3 N–H and O–H groups in total. The van der Waals surface area contributed by atoms with E-state index in [0.717, 1.165) is 24.1 Å². The van der Waals surface area contributed by atoms with Gasteiger partial charge in [-0.2, -0.15) is 0 Å². The Morgan fingerprint density at radius 3 is 2.59 bits per heavy atom. The van der Waals surface area contributed by atoms with E-state index in [1.165, 1.54) is 0 Å². The maximum Gasteiger partial charge on any atom is 0.223 e. The number of rotatable bonds is 5. The molecule has 3 heteroatoms. The summed E-state index contributed by atoms with van der Waals surface area (Å²) in [6, 6.07) is 7.60. The van der Waals surface area contributed by atoms with Gasteiger partial charge in [0.2, 0.25) is 5.91 Å². The number of hydrogen-bond donors (Lipinski definition) is 2. The molecule has 0 heterocycles. The number of nitrogens with one attached hydrogen (secondary N) is 1. The van der Waals surface area contributed by atoms with Crippen LogP contribution >= 0.6 is 0 Å². The molecule has 0 aliphatic heterocycles. The Kier molecular flexibility index (Phi) is 5.01. The van der Waals surface area contributed by atoms with Gasteiger partial charge in [0.25, 0.3) is 0 Å². The third kappa shape index (κ3) is 3.77. The van der Waals surface area contributed by atoms with Gasteiger partial charge < -0.3 is 11.1 Å². The molecule has 0 saturated heterocycles. The number of benzene rings is 1. The van der Waals surface area contributed by atoms with Crippen LogP contribution in [0.2, 0.25) is 0 Å². The first-order valence-electron chi connectivity index (χ1n) is 6.21. The lowest BCUT2D eigenvalue weighted by Gasteiger charge is -2.18. The summed E-state index contributed by atoms with van der Waals surface area (Å²) in [7, 11) is 0. The zero-order valence-electron chi connectivity index (χ0n) is 10.9. The lowest BCUT2D eigenvalue weighted by molar-refractivity contribution is -0.125. The molecule has 0 saturated carbocycles. The molecule has 0 fully saturated rings. The molecule has 0 aliphatic carbocycles. The molecule has 1 rings (SSSR count). The van der Waals surface area contributed by atoms with E-state index in [9.17, 15) is 4.79 Å². The molecule has 0 aromatic heterocycles. The van der Waals surface area contributed by atoms with Gasteiger partial charge in [-0.25, -0.2) is 0 Å². The Labute approximate surface area is 103 Å². The summed E-state index contributed by atoms with van der Waals surface area (Å²) in [6.45, 7) is 6.00. The highest BCUT2D eigenvalue weighted by molar-refractivity contribution is 5.78. The Morgan fingerprint density at radius 1 is 1.35 bits per heavy atom. The van der Waals surface area contributed by atoms with Gasteiger partial charge in [0, 0.05) is 11.6 Å². The minimum absolute atomic E-state index is 0.0389. The van der Waals surface area contributed by atoms with Crippen LogP contribution in [0.1, 0.15) is 45.2 Å². The number of nitrogen functional groups attached to an aromatic ring is 1. The molecule has 0 bridgehead atoms. The average Bonchev–Trinajstić information content (AvgIpc) is 2.29. The van der Waals surface area contributed by atoms with E-state index < -0.39 is 0 Å². The number of para-hydroxylation sites is 1. The number of amides is 1. The molecule has 1 amide bonds. The molecule has 1 aromatic carbocycles. The minimum atomic E-state index is -0.0389. The third-order valence-corrected chi connectivity index (χ3v) is 2.99. The van der Waals surface area contributed by atoms with E-state index in [0.29, 0.717) is 0 Å². The van der Waals surface area contributed by atoms with Crippen molar-refractivity contribution in [1.82, 2.24) is 5.32 Å². The van der Waals surface area contributed by atoms with Crippen LogP contribution in [0, 0.1) is 5.92 Å². The maximum absolute atomic E-state index is 11.9. The topological polar surface area (TPSA) is 55.1 Å². The molecule has 17 heavy (non-hydrogen) atoms. The minimum Gasteiger partial charge on any atom is -0.398 e.